The van der Waals surface area contributed by atoms with Crippen molar-refractivity contribution in [2.45, 2.75) is 44.6 Å². The average molecular weight is 356 g/mol. The van der Waals surface area contributed by atoms with Crippen LogP contribution in [0.2, 0.25) is 0 Å². The lowest BCUT2D eigenvalue weighted by molar-refractivity contribution is 0.378. The van der Waals surface area contributed by atoms with Gasteiger partial charge in [-0.2, -0.15) is 0 Å². The second kappa shape index (κ2) is 7.05. The minimum Gasteiger partial charge on any atom is -0.357 e. The molecule has 0 saturated heterocycles. The fourth-order valence-corrected chi connectivity index (χ4v) is 3.82. The zero-order valence-electron chi connectivity index (χ0n) is 13.9. The molecule has 0 aromatic heterocycles. The minimum atomic E-state index is -3.28. The third-order valence-electron chi connectivity index (χ3n) is 4.58. The van der Waals surface area contributed by atoms with Crippen LogP contribution in [0.25, 0.3) is 0 Å². The van der Waals surface area contributed by atoms with Crippen LogP contribution in [0.3, 0.4) is 0 Å². The zero-order chi connectivity index (χ0) is 17.1. The van der Waals surface area contributed by atoms with E-state index in [1.165, 1.54) is 30.5 Å². The summed E-state index contributed by atoms with van der Waals surface area (Å²) in [6, 6.07) is 7.23. The summed E-state index contributed by atoms with van der Waals surface area (Å²) < 4.78 is 24.5. The van der Waals surface area contributed by atoms with E-state index in [1.54, 1.807) is 12.1 Å². The molecule has 1 saturated carbocycles. The second-order valence-corrected chi connectivity index (χ2v) is 8.62. The van der Waals surface area contributed by atoms with Crippen molar-refractivity contribution in [3.63, 3.8) is 0 Å². The largest absolute Gasteiger partial charge is 0.357 e. The summed E-state index contributed by atoms with van der Waals surface area (Å²) in [5.74, 6) is 0. The molecule has 0 atom stereocenters. The van der Waals surface area contributed by atoms with Crippen molar-refractivity contribution in [1.82, 2.24) is 5.32 Å². The lowest BCUT2D eigenvalue weighted by Crippen LogP contribution is -2.47. The first-order valence-corrected chi connectivity index (χ1v) is 10.1. The third kappa shape index (κ3) is 4.57. The molecule has 1 aromatic carbocycles. The highest BCUT2D eigenvalue weighted by molar-refractivity contribution is 7.92. The topological polar surface area (TPSA) is 61.4 Å². The lowest BCUT2D eigenvalue weighted by Gasteiger charge is -2.30. The molecule has 0 radical (unpaired) electrons. The Morgan fingerprint density at radius 1 is 1.35 bits per heavy atom. The molecular weight excluding hydrogens is 330 g/mol. The summed E-state index contributed by atoms with van der Waals surface area (Å²) in [6.45, 7) is 2.18. The Hall–Kier alpha value is -1.34. The molecule has 23 heavy (non-hydrogen) atoms. The van der Waals surface area contributed by atoms with Crippen LogP contribution in [0.1, 0.15) is 39.0 Å². The first kappa shape index (κ1) is 18.0. The number of rotatable bonds is 5. The molecule has 0 bridgehead atoms. The molecular formula is C16H25N3O2S2. The molecule has 7 heteroatoms. The highest BCUT2D eigenvalue weighted by atomic mass is 32.2. The van der Waals surface area contributed by atoms with E-state index < -0.39 is 10.0 Å². The van der Waals surface area contributed by atoms with Gasteiger partial charge in [0, 0.05) is 18.3 Å². The van der Waals surface area contributed by atoms with Crippen LogP contribution >= 0.6 is 12.2 Å². The number of hydrogen-bond donors (Lipinski definition) is 2. The van der Waals surface area contributed by atoms with E-state index in [2.05, 4.69) is 17.6 Å². The summed E-state index contributed by atoms with van der Waals surface area (Å²) in [5.41, 5.74) is 1.48. The molecule has 5 nitrogen and oxygen atoms in total. The summed E-state index contributed by atoms with van der Waals surface area (Å²) in [7, 11) is -1.74. The Balaban J connectivity index is 2.07. The Morgan fingerprint density at radius 2 is 2.00 bits per heavy atom. The van der Waals surface area contributed by atoms with Crippen molar-refractivity contribution in [2.24, 2.45) is 0 Å². The molecule has 2 N–H and O–H groups in total. The average Bonchev–Trinajstić information content (AvgIpc) is 2.94. The van der Waals surface area contributed by atoms with Gasteiger partial charge in [-0.3, -0.25) is 4.31 Å². The normalized spacial score (nSPS) is 16.8. The van der Waals surface area contributed by atoms with E-state index in [-0.39, 0.29) is 5.54 Å². The van der Waals surface area contributed by atoms with Gasteiger partial charge in [-0.25, -0.2) is 8.42 Å². The van der Waals surface area contributed by atoms with Crippen LogP contribution in [-0.4, -0.2) is 32.4 Å². The Kier molecular flexibility index (Phi) is 5.52. The van der Waals surface area contributed by atoms with Crippen LogP contribution in [0.5, 0.6) is 0 Å². The fourth-order valence-electron chi connectivity index (χ4n) is 2.99. The zero-order valence-corrected chi connectivity index (χ0v) is 15.6. The number of hydrogen-bond acceptors (Lipinski definition) is 3. The highest BCUT2D eigenvalue weighted by Gasteiger charge is 2.32. The smallest absolute Gasteiger partial charge is 0.231 e. The first-order valence-electron chi connectivity index (χ1n) is 7.89. The number of nitrogens with zero attached hydrogens (tertiary/aromatic N) is 1. The van der Waals surface area contributed by atoms with Gasteiger partial charge in [-0.05, 0) is 49.7 Å². The predicted octanol–water partition coefficient (Wildman–Crippen LogP) is 3.09. The number of benzene rings is 1. The molecule has 0 heterocycles. The van der Waals surface area contributed by atoms with Crippen molar-refractivity contribution < 1.29 is 8.42 Å². The SMILES string of the molecule is CCC1(NC(=S)Nc2cccc(N(C)S(C)(=O)=O)c2)CCCC1. The predicted molar refractivity (Wildman–Crippen MR) is 101 cm³/mol. The Labute approximate surface area is 144 Å². The number of nitrogens with one attached hydrogen (secondary N) is 2. The van der Waals surface area contributed by atoms with E-state index in [1.807, 2.05) is 12.1 Å². The number of thiocarbonyl (C=S) groups is 1. The molecule has 0 unspecified atom stereocenters. The molecule has 1 aliphatic carbocycles. The standard InChI is InChI=1S/C16H25N3O2S2/c1-4-16(10-5-6-11-16)18-15(22)17-13-8-7-9-14(12-13)19(2)23(3,20)21/h7-9,12H,4-6,10-11H2,1-3H3,(H2,17,18,22). The first-order chi connectivity index (χ1) is 10.8. The maximum absolute atomic E-state index is 11.6. The third-order valence-corrected chi connectivity index (χ3v) is 5.99. The molecule has 1 aromatic rings. The molecule has 2 rings (SSSR count). The maximum atomic E-state index is 11.6. The molecule has 128 valence electrons. The second-order valence-electron chi connectivity index (χ2n) is 6.20. The van der Waals surface area contributed by atoms with Gasteiger partial charge in [0.15, 0.2) is 5.11 Å². The van der Waals surface area contributed by atoms with E-state index in [9.17, 15) is 8.42 Å². The van der Waals surface area contributed by atoms with Gasteiger partial charge in [0.25, 0.3) is 0 Å². The van der Waals surface area contributed by atoms with Crippen LogP contribution in [0.15, 0.2) is 24.3 Å². The maximum Gasteiger partial charge on any atom is 0.231 e. The van der Waals surface area contributed by atoms with Gasteiger partial charge < -0.3 is 10.6 Å². The van der Waals surface area contributed by atoms with E-state index >= 15 is 0 Å². The van der Waals surface area contributed by atoms with E-state index in [0.29, 0.717) is 10.8 Å². The van der Waals surface area contributed by atoms with Gasteiger partial charge in [0.05, 0.1) is 11.9 Å². The van der Waals surface area contributed by atoms with Gasteiger partial charge >= 0.3 is 0 Å². The molecule has 0 amide bonds. The van der Waals surface area contributed by atoms with Crippen LogP contribution in [0, 0.1) is 0 Å². The Morgan fingerprint density at radius 3 is 2.57 bits per heavy atom. The summed E-state index contributed by atoms with van der Waals surface area (Å²) >= 11 is 5.44. The lowest BCUT2D eigenvalue weighted by atomic mass is 9.95. The van der Waals surface area contributed by atoms with Gasteiger partial charge in [0.2, 0.25) is 10.0 Å². The fraction of sp³-hybridized carbons (Fsp3) is 0.562. The Bertz CT molecular complexity index is 668. The summed E-state index contributed by atoms with van der Waals surface area (Å²) in [5, 5.41) is 7.22. The van der Waals surface area contributed by atoms with Crippen molar-refractivity contribution in [3.05, 3.63) is 24.3 Å². The summed E-state index contributed by atoms with van der Waals surface area (Å²) in [6.07, 6.45) is 6.98. The monoisotopic (exact) mass is 355 g/mol. The molecule has 1 aliphatic rings. The van der Waals surface area contributed by atoms with Gasteiger partial charge in [-0.1, -0.05) is 25.8 Å². The van der Waals surface area contributed by atoms with Gasteiger partial charge in [-0.15, -0.1) is 0 Å². The van der Waals surface area contributed by atoms with E-state index in [4.69, 9.17) is 12.2 Å². The molecule has 1 fully saturated rings. The van der Waals surface area contributed by atoms with Crippen molar-refractivity contribution in [3.8, 4) is 0 Å². The van der Waals surface area contributed by atoms with Crippen LogP contribution < -0.4 is 14.9 Å². The van der Waals surface area contributed by atoms with Crippen LogP contribution in [0.4, 0.5) is 11.4 Å². The summed E-state index contributed by atoms with van der Waals surface area (Å²) in [4.78, 5) is 0. The van der Waals surface area contributed by atoms with Crippen LogP contribution in [-0.2, 0) is 10.0 Å². The minimum absolute atomic E-state index is 0.102. The quantitative estimate of drug-likeness (QED) is 0.795. The van der Waals surface area contributed by atoms with Gasteiger partial charge in [0.1, 0.15) is 0 Å². The molecule has 0 aliphatic heterocycles. The van der Waals surface area contributed by atoms with Crippen molar-refractivity contribution in [2.75, 3.05) is 22.9 Å². The number of sulfonamides is 1. The molecule has 0 spiro atoms. The van der Waals surface area contributed by atoms with Crippen molar-refractivity contribution >= 4 is 38.7 Å². The van der Waals surface area contributed by atoms with Crippen molar-refractivity contribution in [1.29, 1.82) is 0 Å². The highest BCUT2D eigenvalue weighted by Crippen LogP contribution is 2.32. The number of anilines is 2. The van der Waals surface area contributed by atoms with E-state index in [0.717, 1.165) is 24.9 Å².